The van der Waals surface area contributed by atoms with Gasteiger partial charge in [-0.25, -0.2) is 0 Å². The summed E-state index contributed by atoms with van der Waals surface area (Å²) >= 11 is 0. The predicted molar refractivity (Wildman–Crippen MR) is 60.9 cm³/mol. The Morgan fingerprint density at radius 2 is 1.20 bits per heavy atom. The van der Waals surface area contributed by atoms with Gasteiger partial charge in [-0.2, -0.15) is 26.3 Å². The van der Waals surface area contributed by atoms with E-state index in [9.17, 15) is 31.4 Å². The molecule has 0 amide bonds. The summed E-state index contributed by atoms with van der Waals surface area (Å²) in [5.41, 5.74) is -5.22. The minimum atomic E-state index is -4.97. The number of halogens is 6. The Labute approximate surface area is 112 Å². The molecular weight excluding hydrogens is 286 g/mol. The van der Waals surface area contributed by atoms with Crippen LogP contribution in [0.15, 0.2) is 18.2 Å². The molecule has 0 bridgehead atoms. The second-order valence-corrected chi connectivity index (χ2v) is 5.53. The molecule has 1 unspecified atom stereocenters. The Morgan fingerprint density at radius 3 is 1.45 bits per heavy atom. The molecule has 0 saturated heterocycles. The van der Waals surface area contributed by atoms with E-state index in [1.807, 2.05) is 0 Å². The van der Waals surface area contributed by atoms with Crippen LogP contribution in [-0.4, -0.2) is 5.11 Å². The van der Waals surface area contributed by atoms with Crippen molar-refractivity contribution in [2.75, 3.05) is 0 Å². The number of hydrogen-bond acceptors (Lipinski definition) is 1. The molecule has 0 aliphatic carbocycles. The van der Waals surface area contributed by atoms with Crippen molar-refractivity contribution in [3.63, 3.8) is 0 Å². The van der Waals surface area contributed by atoms with Crippen molar-refractivity contribution in [2.45, 2.75) is 39.2 Å². The molecular formula is C13H14F6O. The van der Waals surface area contributed by atoms with Crippen LogP contribution < -0.4 is 0 Å². The minimum absolute atomic E-state index is 0.541. The van der Waals surface area contributed by atoms with E-state index in [1.54, 1.807) is 0 Å². The first kappa shape index (κ1) is 16.8. The summed E-state index contributed by atoms with van der Waals surface area (Å²) in [5.74, 6) is 0. The van der Waals surface area contributed by atoms with Gasteiger partial charge in [0.25, 0.3) is 0 Å². The number of alkyl halides is 6. The van der Waals surface area contributed by atoms with Crippen LogP contribution in [0.5, 0.6) is 0 Å². The smallest absolute Gasteiger partial charge is 0.388 e. The van der Waals surface area contributed by atoms with Gasteiger partial charge < -0.3 is 5.11 Å². The first-order valence-corrected chi connectivity index (χ1v) is 5.71. The SMILES string of the molecule is CC(C)(C)C(O)c1c(C(F)(F)F)cccc1C(F)(F)F. The second-order valence-electron chi connectivity index (χ2n) is 5.53. The first-order chi connectivity index (χ1) is 8.76. The average Bonchev–Trinajstić information content (AvgIpc) is 2.23. The molecule has 1 atom stereocenters. The lowest BCUT2D eigenvalue weighted by atomic mass is 9.80. The lowest BCUT2D eigenvalue weighted by Crippen LogP contribution is -2.25. The van der Waals surface area contributed by atoms with E-state index in [4.69, 9.17) is 0 Å². The van der Waals surface area contributed by atoms with E-state index in [-0.39, 0.29) is 0 Å². The van der Waals surface area contributed by atoms with Gasteiger partial charge in [0.2, 0.25) is 0 Å². The average molecular weight is 300 g/mol. The zero-order valence-corrected chi connectivity index (χ0v) is 11.0. The van der Waals surface area contributed by atoms with Gasteiger partial charge in [0.05, 0.1) is 17.2 Å². The number of aliphatic hydroxyl groups is 1. The largest absolute Gasteiger partial charge is 0.416 e. The molecule has 0 fully saturated rings. The molecule has 1 aromatic rings. The van der Waals surface area contributed by atoms with Crippen LogP contribution in [0.1, 0.15) is 43.6 Å². The molecule has 0 aliphatic rings. The standard InChI is InChI=1S/C13H14F6O/c1-11(2,3)10(20)9-7(12(14,15)16)5-4-6-8(9)13(17,18)19/h4-6,10,20H,1-3H3. The van der Waals surface area contributed by atoms with Gasteiger partial charge in [0.1, 0.15) is 0 Å². The fraction of sp³-hybridized carbons (Fsp3) is 0.538. The van der Waals surface area contributed by atoms with Crippen LogP contribution in [0.4, 0.5) is 26.3 Å². The zero-order chi connectivity index (χ0) is 15.9. The number of benzene rings is 1. The van der Waals surface area contributed by atoms with E-state index in [2.05, 4.69) is 0 Å². The lowest BCUT2D eigenvalue weighted by Gasteiger charge is -2.30. The Balaban J connectivity index is 3.66. The van der Waals surface area contributed by atoms with Crippen molar-refractivity contribution in [3.8, 4) is 0 Å². The molecule has 0 spiro atoms. The highest BCUT2D eigenvalue weighted by atomic mass is 19.4. The van der Waals surface area contributed by atoms with Gasteiger partial charge in [0.15, 0.2) is 0 Å². The highest BCUT2D eigenvalue weighted by Gasteiger charge is 2.44. The third-order valence-corrected chi connectivity index (χ3v) is 2.81. The van der Waals surface area contributed by atoms with Gasteiger partial charge >= 0.3 is 12.4 Å². The van der Waals surface area contributed by atoms with Gasteiger partial charge in [-0.05, 0) is 17.5 Å². The van der Waals surface area contributed by atoms with Crippen molar-refractivity contribution in [2.24, 2.45) is 5.41 Å². The number of aliphatic hydroxyl groups excluding tert-OH is 1. The molecule has 7 heteroatoms. The molecule has 1 N–H and O–H groups in total. The minimum Gasteiger partial charge on any atom is -0.388 e. The maximum atomic E-state index is 12.9. The summed E-state index contributed by atoms with van der Waals surface area (Å²) in [4.78, 5) is 0. The quantitative estimate of drug-likeness (QED) is 0.738. The Bertz CT molecular complexity index is 449. The van der Waals surface area contributed by atoms with Crippen LogP contribution in [-0.2, 0) is 12.4 Å². The zero-order valence-electron chi connectivity index (χ0n) is 11.0. The Hall–Kier alpha value is -1.24. The molecule has 1 nitrogen and oxygen atoms in total. The van der Waals surface area contributed by atoms with Crippen LogP contribution in [0, 0.1) is 5.41 Å². The van der Waals surface area contributed by atoms with Gasteiger partial charge in [0, 0.05) is 5.56 Å². The predicted octanol–water partition coefficient (Wildman–Crippen LogP) is 4.80. The van der Waals surface area contributed by atoms with Gasteiger partial charge in [-0.1, -0.05) is 26.8 Å². The summed E-state index contributed by atoms with van der Waals surface area (Å²) < 4.78 is 77.3. The Kier molecular flexibility index (Phi) is 4.16. The van der Waals surface area contributed by atoms with E-state index >= 15 is 0 Å². The molecule has 114 valence electrons. The third-order valence-electron chi connectivity index (χ3n) is 2.81. The van der Waals surface area contributed by atoms with Crippen molar-refractivity contribution in [3.05, 3.63) is 34.9 Å². The molecule has 0 saturated carbocycles. The van der Waals surface area contributed by atoms with Gasteiger partial charge in [-0.15, -0.1) is 0 Å². The molecule has 0 aliphatic heterocycles. The van der Waals surface area contributed by atoms with Crippen molar-refractivity contribution >= 4 is 0 Å². The molecule has 20 heavy (non-hydrogen) atoms. The summed E-state index contributed by atoms with van der Waals surface area (Å²) in [6, 6.07) is 1.77. The van der Waals surface area contributed by atoms with E-state index < -0.39 is 40.6 Å². The topological polar surface area (TPSA) is 20.2 Å². The van der Waals surface area contributed by atoms with Crippen molar-refractivity contribution < 1.29 is 31.4 Å². The number of rotatable bonds is 1. The monoisotopic (exact) mass is 300 g/mol. The summed E-state index contributed by atoms with van der Waals surface area (Å²) in [5, 5.41) is 9.95. The van der Waals surface area contributed by atoms with E-state index in [0.29, 0.717) is 18.2 Å². The molecule has 0 radical (unpaired) electrons. The first-order valence-electron chi connectivity index (χ1n) is 5.71. The maximum Gasteiger partial charge on any atom is 0.416 e. The van der Waals surface area contributed by atoms with Crippen LogP contribution in [0.2, 0.25) is 0 Å². The molecule has 1 rings (SSSR count). The Morgan fingerprint density at radius 1 is 0.850 bits per heavy atom. The molecule has 1 aromatic carbocycles. The lowest BCUT2D eigenvalue weighted by molar-refractivity contribution is -0.147. The van der Waals surface area contributed by atoms with Gasteiger partial charge in [-0.3, -0.25) is 0 Å². The van der Waals surface area contributed by atoms with Crippen LogP contribution in [0.25, 0.3) is 0 Å². The highest BCUT2D eigenvalue weighted by Crippen LogP contribution is 2.46. The van der Waals surface area contributed by atoms with Crippen molar-refractivity contribution in [1.82, 2.24) is 0 Å². The summed E-state index contributed by atoms with van der Waals surface area (Å²) in [7, 11) is 0. The summed E-state index contributed by atoms with van der Waals surface area (Å²) in [6.45, 7) is 4.10. The fourth-order valence-corrected chi connectivity index (χ4v) is 1.79. The number of hydrogen-bond donors (Lipinski definition) is 1. The molecule has 0 heterocycles. The van der Waals surface area contributed by atoms with Crippen LogP contribution in [0.3, 0.4) is 0 Å². The third kappa shape index (κ3) is 3.45. The highest BCUT2D eigenvalue weighted by molar-refractivity contribution is 5.41. The normalized spacial score (nSPS) is 15.3. The van der Waals surface area contributed by atoms with Crippen LogP contribution >= 0.6 is 0 Å². The fourth-order valence-electron chi connectivity index (χ4n) is 1.79. The van der Waals surface area contributed by atoms with E-state index in [0.717, 1.165) is 0 Å². The van der Waals surface area contributed by atoms with E-state index in [1.165, 1.54) is 20.8 Å². The second kappa shape index (κ2) is 4.95. The van der Waals surface area contributed by atoms with Crippen molar-refractivity contribution in [1.29, 1.82) is 0 Å². The summed E-state index contributed by atoms with van der Waals surface area (Å²) in [6.07, 6.45) is -11.8. The molecule has 0 aromatic heterocycles. The maximum absolute atomic E-state index is 12.9.